The van der Waals surface area contributed by atoms with Crippen LogP contribution in [0.3, 0.4) is 0 Å². The number of carbonyl (C=O) groups excluding carboxylic acids is 2. The number of piperazine rings is 1. The number of hydrogen-bond donors (Lipinski definition) is 1. The summed E-state index contributed by atoms with van der Waals surface area (Å²) in [7, 11) is 0. The Kier molecular flexibility index (Phi) is 7.19. The molecule has 0 atom stereocenters. The predicted octanol–water partition coefficient (Wildman–Crippen LogP) is 5.05. The average molecular weight is 479 g/mol. The number of rotatable bonds is 5. The van der Waals surface area contributed by atoms with Crippen LogP contribution in [0.25, 0.3) is 0 Å². The SMILES string of the molecule is CC(C)CC(=O)N1CCN(c2ccc(NC(=O)c3cccc(Br)c3)cc2Cl)CC1. The van der Waals surface area contributed by atoms with Crippen LogP contribution < -0.4 is 10.2 Å². The number of benzene rings is 2. The van der Waals surface area contributed by atoms with E-state index in [0.29, 0.717) is 41.7 Å². The van der Waals surface area contributed by atoms with Crippen molar-refractivity contribution in [2.24, 2.45) is 5.92 Å². The van der Waals surface area contributed by atoms with Gasteiger partial charge in [-0.2, -0.15) is 0 Å². The van der Waals surface area contributed by atoms with Gasteiger partial charge in [-0.25, -0.2) is 0 Å². The summed E-state index contributed by atoms with van der Waals surface area (Å²) in [6, 6.07) is 12.8. The van der Waals surface area contributed by atoms with Crippen molar-refractivity contribution in [3.8, 4) is 0 Å². The fraction of sp³-hybridized carbons (Fsp3) is 0.364. The molecule has 0 saturated carbocycles. The van der Waals surface area contributed by atoms with Crippen LogP contribution in [0.15, 0.2) is 46.9 Å². The summed E-state index contributed by atoms with van der Waals surface area (Å²) >= 11 is 9.88. The van der Waals surface area contributed by atoms with E-state index in [9.17, 15) is 9.59 Å². The second kappa shape index (κ2) is 9.63. The molecule has 5 nitrogen and oxygen atoms in total. The molecule has 3 rings (SSSR count). The molecule has 1 N–H and O–H groups in total. The molecule has 2 amide bonds. The number of hydrogen-bond acceptors (Lipinski definition) is 3. The zero-order valence-corrected chi connectivity index (χ0v) is 19.0. The van der Waals surface area contributed by atoms with E-state index in [1.165, 1.54) is 0 Å². The van der Waals surface area contributed by atoms with Crippen LogP contribution in [-0.2, 0) is 4.79 Å². The fourth-order valence-corrected chi connectivity index (χ4v) is 4.05. The van der Waals surface area contributed by atoms with Crippen LogP contribution in [-0.4, -0.2) is 42.9 Å². The lowest BCUT2D eigenvalue weighted by Crippen LogP contribution is -2.49. The number of anilines is 2. The molecule has 0 unspecified atom stereocenters. The van der Waals surface area contributed by atoms with Gasteiger partial charge in [0.15, 0.2) is 0 Å². The molecule has 0 radical (unpaired) electrons. The second-order valence-electron chi connectivity index (χ2n) is 7.60. The van der Waals surface area contributed by atoms with Crippen molar-refractivity contribution in [3.05, 3.63) is 57.5 Å². The maximum absolute atomic E-state index is 12.4. The van der Waals surface area contributed by atoms with E-state index in [4.69, 9.17) is 11.6 Å². The van der Waals surface area contributed by atoms with Crippen molar-refractivity contribution >= 4 is 50.7 Å². The van der Waals surface area contributed by atoms with Crippen molar-refractivity contribution < 1.29 is 9.59 Å². The Labute approximate surface area is 185 Å². The van der Waals surface area contributed by atoms with Crippen LogP contribution in [0.5, 0.6) is 0 Å². The first-order valence-electron chi connectivity index (χ1n) is 9.72. The zero-order chi connectivity index (χ0) is 21.0. The molecule has 0 spiro atoms. The maximum Gasteiger partial charge on any atom is 0.255 e. The minimum atomic E-state index is -0.188. The standard InChI is InChI=1S/C22H25BrClN3O2/c1-15(2)12-21(28)27-10-8-26(9-11-27)20-7-6-18(14-19(20)24)25-22(29)16-4-3-5-17(23)13-16/h3-7,13-15H,8-12H2,1-2H3,(H,25,29). The molecule has 0 aromatic heterocycles. The smallest absolute Gasteiger partial charge is 0.255 e. The Bertz CT molecular complexity index is 895. The molecule has 0 aliphatic carbocycles. The summed E-state index contributed by atoms with van der Waals surface area (Å²) < 4.78 is 0.851. The molecular weight excluding hydrogens is 454 g/mol. The van der Waals surface area contributed by atoms with Crippen molar-refractivity contribution in [1.82, 2.24) is 4.90 Å². The lowest BCUT2D eigenvalue weighted by atomic mass is 10.1. The highest BCUT2D eigenvalue weighted by molar-refractivity contribution is 9.10. The summed E-state index contributed by atoms with van der Waals surface area (Å²) in [5.41, 5.74) is 2.14. The molecule has 154 valence electrons. The van der Waals surface area contributed by atoms with Gasteiger partial charge in [-0.15, -0.1) is 0 Å². The number of nitrogens with one attached hydrogen (secondary N) is 1. The lowest BCUT2D eigenvalue weighted by molar-refractivity contribution is -0.132. The van der Waals surface area contributed by atoms with Gasteiger partial charge in [-0.1, -0.05) is 47.4 Å². The third-order valence-electron chi connectivity index (χ3n) is 4.85. The van der Waals surface area contributed by atoms with Gasteiger partial charge >= 0.3 is 0 Å². The predicted molar refractivity (Wildman–Crippen MR) is 122 cm³/mol. The summed E-state index contributed by atoms with van der Waals surface area (Å²) in [5, 5.41) is 3.46. The van der Waals surface area contributed by atoms with Crippen LogP contribution in [0.1, 0.15) is 30.6 Å². The van der Waals surface area contributed by atoms with E-state index in [-0.39, 0.29) is 11.8 Å². The topological polar surface area (TPSA) is 52.7 Å². The number of carbonyl (C=O) groups is 2. The first kappa shape index (κ1) is 21.7. The van der Waals surface area contributed by atoms with Gasteiger partial charge in [0.1, 0.15) is 0 Å². The molecule has 1 heterocycles. The summed E-state index contributed by atoms with van der Waals surface area (Å²) in [6.45, 7) is 7.00. The minimum Gasteiger partial charge on any atom is -0.367 e. The molecule has 1 aliphatic heterocycles. The Morgan fingerprint density at radius 2 is 1.83 bits per heavy atom. The van der Waals surface area contributed by atoms with E-state index >= 15 is 0 Å². The summed E-state index contributed by atoms with van der Waals surface area (Å²) in [5.74, 6) is 0.401. The highest BCUT2D eigenvalue weighted by atomic mass is 79.9. The van der Waals surface area contributed by atoms with E-state index in [0.717, 1.165) is 23.2 Å². The average Bonchev–Trinajstić information content (AvgIpc) is 2.68. The van der Waals surface area contributed by atoms with Crippen molar-refractivity contribution in [1.29, 1.82) is 0 Å². The van der Waals surface area contributed by atoms with E-state index in [1.54, 1.807) is 18.2 Å². The van der Waals surface area contributed by atoms with Crippen molar-refractivity contribution in [2.45, 2.75) is 20.3 Å². The summed E-state index contributed by atoms with van der Waals surface area (Å²) in [6.07, 6.45) is 0.590. The maximum atomic E-state index is 12.4. The van der Waals surface area contributed by atoms with E-state index in [2.05, 4.69) is 40.0 Å². The lowest BCUT2D eigenvalue weighted by Gasteiger charge is -2.36. The quantitative estimate of drug-likeness (QED) is 0.654. The Hall–Kier alpha value is -2.05. The fourth-order valence-electron chi connectivity index (χ4n) is 3.35. The van der Waals surface area contributed by atoms with Gasteiger partial charge in [0.2, 0.25) is 5.91 Å². The highest BCUT2D eigenvalue weighted by Gasteiger charge is 2.23. The third kappa shape index (κ3) is 5.73. The normalized spacial score (nSPS) is 14.2. The van der Waals surface area contributed by atoms with Gasteiger partial charge in [0.25, 0.3) is 5.91 Å². The molecule has 1 saturated heterocycles. The minimum absolute atomic E-state index is 0.188. The first-order chi connectivity index (χ1) is 13.8. The third-order valence-corrected chi connectivity index (χ3v) is 5.64. The van der Waals surface area contributed by atoms with Gasteiger partial charge in [-0.3, -0.25) is 9.59 Å². The molecule has 1 fully saturated rings. The van der Waals surface area contributed by atoms with Crippen LogP contribution in [0.2, 0.25) is 5.02 Å². The van der Waals surface area contributed by atoms with Gasteiger partial charge in [0.05, 0.1) is 10.7 Å². The molecule has 2 aromatic carbocycles. The zero-order valence-electron chi connectivity index (χ0n) is 16.6. The Morgan fingerprint density at radius 3 is 2.45 bits per heavy atom. The Balaban J connectivity index is 1.61. The molecule has 0 bridgehead atoms. The molecule has 29 heavy (non-hydrogen) atoms. The van der Waals surface area contributed by atoms with Gasteiger partial charge in [-0.05, 0) is 42.3 Å². The van der Waals surface area contributed by atoms with E-state index in [1.807, 2.05) is 29.2 Å². The van der Waals surface area contributed by atoms with Gasteiger partial charge < -0.3 is 15.1 Å². The number of amides is 2. The van der Waals surface area contributed by atoms with Crippen molar-refractivity contribution in [3.63, 3.8) is 0 Å². The summed E-state index contributed by atoms with van der Waals surface area (Å²) in [4.78, 5) is 28.8. The van der Waals surface area contributed by atoms with E-state index < -0.39 is 0 Å². The van der Waals surface area contributed by atoms with Gasteiger partial charge in [0, 0.05) is 48.3 Å². The second-order valence-corrected chi connectivity index (χ2v) is 8.92. The van der Waals surface area contributed by atoms with Crippen LogP contribution >= 0.6 is 27.5 Å². The van der Waals surface area contributed by atoms with Crippen LogP contribution in [0.4, 0.5) is 11.4 Å². The Morgan fingerprint density at radius 1 is 1.10 bits per heavy atom. The van der Waals surface area contributed by atoms with Crippen molar-refractivity contribution in [2.75, 3.05) is 36.4 Å². The highest BCUT2D eigenvalue weighted by Crippen LogP contribution is 2.30. The number of halogens is 2. The molecule has 1 aliphatic rings. The molecule has 2 aromatic rings. The largest absolute Gasteiger partial charge is 0.367 e. The number of nitrogens with zero attached hydrogens (tertiary/aromatic N) is 2. The van der Waals surface area contributed by atoms with Crippen LogP contribution in [0, 0.1) is 5.92 Å². The monoisotopic (exact) mass is 477 g/mol. The molecular formula is C22H25BrClN3O2. The first-order valence-corrected chi connectivity index (χ1v) is 10.9. The molecule has 7 heteroatoms.